The number of nitrogens with one attached hydrogen (secondary N) is 1. The van der Waals surface area contributed by atoms with E-state index < -0.39 is 10.0 Å². The van der Waals surface area contributed by atoms with Gasteiger partial charge in [-0.2, -0.15) is 0 Å². The van der Waals surface area contributed by atoms with Crippen molar-refractivity contribution < 1.29 is 8.42 Å². The molecule has 5 nitrogen and oxygen atoms in total. The molecular weight excluding hydrogens is 226 g/mol. The number of nitrogens with zero attached hydrogens (tertiary/aromatic N) is 1. The molecular formula is C10H25N3O2S. The standard InChI is InChI=1S/C10H25N3O2S/c1-3-8-13(4-2)9-7-12-16(14,15)10-5-6-11/h12H,3-11H2,1-2H3. The van der Waals surface area contributed by atoms with E-state index in [1.54, 1.807) is 0 Å². The zero-order valence-corrected chi connectivity index (χ0v) is 11.2. The maximum absolute atomic E-state index is 11.4. The first-order valence-corrected chi connectivity index (χ1v) is 7.60. The van der Waals surface area contributed by atoms with E-state index in [1.165, 1.54) is 0 Å². The van der Waals surface area contributed by atoms with Crippen LogP contribution >= 0.6 is 0 Å². The van der Waals surface area contributed by atoms with Crippen molar-refractivity contribution in [2.75, 3.05) is 38.5 Å². The van der Waals surface area contributed by atoms with Gasteiger partial charge in [-0.15, -0.1) is 0 Å². The van der Waals surface area contributed by atoms with E-state index in [2.05, 4.69) is 23.5 Å². The van der Waals surface area contributed by atoms with Gasteiger partial charge >= 0.3 is 0 Å². The highest BCUT2D eigenvalue weighted by Gasteiger charge is 2.09. The normalized spacial score (nSPS) is 12.2. The first-order chi connectivity index (χ1) is 7.55. The van der Waals surface area contributed by atoms with Gasteiger partial charge in [0.25, 0.3) is 0 Å². The monoisotopic (exact) mass is 251 g/mol. The van der Waals surface area contributed by atoms with Crippen LogP contribution in [-0.2, 0) is 10.0 Å². The third-order valence-corrected chi connectivity index (χ3v) is 3.82. The molecule has 0 atom stereocenters. The van der Waals surface area contributed by atoms with Crippen LogP contribution < -0.4 is 10.5 Å². The van der Waals surface area contributed by atoms with E-state index in [4.69, 9.17) is 5.73 Å². The van der Waals surface area contributed by atoms with Gasteiger partial charge in [-0.25, -0.2) is 13.1 Å². The number of nitrogens with two attached hydrogens (primary N) is 1. The summed E-state index contributed by atoms with van der Waals surface area (Å²) < 4.78 is 25.5. The molecule has 0 bridgehead atoms. The van der Waals surface area contributed by atoms with Crippen LogP contribution in [0.5, 0.6) is 0 Å². The highest BCUT2D eigenvalue weighted by atomic mass is 32.2. The van der Waals surface area contributed by atoms with Gasteiger partial charge in [-0.3, -0.25) is 0 Å². The van der Waals surface area contributed by atoms with Crippen molar-refractivity contribution in [2.45, 2.75) is 26.7 Å². The van der Waals surface area contributed by atoms with Gasteiger partial charge in [0.1, 0.15) is 0 Å². The molecule has 0 aromatic rings. The summed E-state index contributed by atoms with van der Waals surface area (Å²) in [5.74, 6) is 0.128. The van der Waals surface area contributed by atoms with Crippen LogP contribution in [0.2, 0.25) is 0 Å². The molecule has 0 unspecified atom stereocenters. The van der Waals surface area contributed by atoms with Crippen molar-refractivity contribution >= 4 is 10.0 Å². The summed E-state index contributed by atoms with van der Waals surface area (Å²) >= 11 is 0. The first-order valence-electron chi connectivity index (χ1n) is 5.95. The van der Waals surface area contributed by atoms with E-state index in [9.17, 15) is 8.42 Å². The van der Waals surface area contributed by atoms with Gasteiger partial charge < -0.3 is 10.6 Å². The Bertz CT molecular complexity index is 255. The fourth-order valence-corrected chi connectivity index (χ4v) is 2.54. The lowest BCUT2D eigenvalue weighted by molar-refractivity contribution is 0.293. The maximum atomic E-state index is 11.4. The van der Waals surface area contributed by atoms with Crippen LogP contribution in [0, 0.1) is 0 Å². The zero-order valence-electron chi connectivity index (χ0n) is 10.4. The second-order valence-corrected chi connectivity index (χ2v) is 5.72. The summed E-state index contributed by atoms with van der Waals surface area (Å²) in [5, 5.41) is 0. The predicted molar refractivity (Wildman–Crippen MR) is 67.9 cm³/mol. The minimum Gasteiger partial charge on any atom is -0.330 e. The number of rotatable bonds is 10. The highest BCUT2D eigenvalue weighted by molar-refractivity contribution is 7.89. The molecule has 0 aromatic carbocycles. The quantitative estimate of drug-likeness (QED) is 0.572. The van der Waals surface area contributed by atoms with E-state index in [0.717, 1.165) is 26.1 Å². The van der Waals surface area contributed by atoms with Crippen molar-refractivity contribution in [1.82, 2.24) is 9.62 Å². The molecule has 0 aliphatic carbocycles. The summed E-state index contributed by atoms with van der Waals surface area (Å²) in [6.07, 6.45) is 1.61. The molecule has 0 saturated carbocycles. The second-order valence-electron chi connectivity index (χ2n) is 3.79. The molecule has 0 rings (SSSR count). The molecule has 0 aromatic heterocycles. The number of likely N-dealkylation sites (N-methyl/N-ethyl adjacent to an activating group) is 1. The van der Waals surface area contributed by atoms with Gasteiger partial charge in [-0.05, 0) is 32.5 Å². The van der Waals surface area contributed by atoms with Crippen molar-refractivity contribution in [3.05, 3.63) is 0 Å². The summed E-state index contributed by atoms with van der Waals surface area (Å²) in [4.78, 5) is 2.23. The molecule has 0 saturated heterocycles. The van der Waals surface area contributed by atoms with Crippen molar-refractivity contribution in [3.8, 4) is 0 Å². The summed E-state index contributed by atoms with van der Waals surface area (Å²) in [5.41, 5.74) is 5.27. The molecule has 3 N–H and O–H groups in total. The average molecular weight is 251 g/mol. The number of sulfonamides is 1. The van der Waals surface area contributed by atoms with Crippen LogP contribution in [0.25, 0.3) is 0 Å². The Morgan fingerprint density at radius 3 is 2.44 bits per heavy atom. The Morgan fingerprint density at radius 2 is 1.94 bits per heavy atom. The van der Waals surface area contributed by atoms with Crippen molar-refractivity contribution in [1.29, 1.82) is 0 Å². The largest absolute Gasteiger partial charge is 0.330 e. The fraction of sp³-hybridized carbons (Fsp3) is 1.00. The van der Waals surface area contributed by atoms with E-state index >= 15 is 0 Å². The van der Waals surface area contributed by atoms with Crippen LogP contribution in [-0.4, -0.2) is 51.8 Å². The Hall–Kier alpha value is -0.170. The van der Waals surface area contributed by atoms with Gasteiger partial charge in [-0.1, -0.05) is 13.8 Å². The van der Waals surface area contributed by atoms with Crippen LogP contribution in [0.15, 0.2) is 0 Å². The Morgan fingerprint density at radius 1 is 1.25 bits per heavy atom. The molecule has 0 spiro atoms. The van der Waals surface area contributed by atoms with Crippen molar-refractivity contribution in [2.24, 2.45) is 5.73 Å². The van der Waals surface area contributed by atoms with Gasteiger partial charge in [0.05, 0.1) is 5.75 Å². The van der Waals surface area contributed by atoms with Gasteiger partial charge in [0.2, 0.25) is 10.0 Å². The average Bonchev–Trinajstić information content (AvgIpc) is 2.25. The van der Waals surface area contributed by atoms with Gasteiger partial charge in [0, 0.05) is 13.1 Å². The highest BCUT2D eigenvalue weighted by Crippen LogP contribution is 1.91. The SMILES string of the molecule is CCCN(CC)CCNS(=O)(=O)CCCN. The predicted octanol–water partition coefficient (Wildman–Crippen LogP) is -0.0135. The minimum atomic E-state index is -3.12. The Labute approximate surface area is 99.4 Å². The molecule has 0 fully saturated rings. The lowest BCUT2D eigenvalue weighted by Gasteiger charge is -2.19. The van der Waals surface area contributed by atoms with Crippen LogP contribution in [0.3, 0.4) is 0 Å². The summed E-state index contributed by atoms with van der Waals surface area (Å²) in [7, 11) is -3.12. The molecule has 0 aliphatic heterocycles. The van der Waals surface area contributed by atoms with E-state index in [-0.39, 0.29) is 5.75 Å². The Balaban J connectivity index is 3.78. The fourth-order valence-electron chi connectivity index (χ4n) is 1.45. The van der Waals surface area contributed by atoms with Crippen LogP contribution in [0.1, 0.15) is 26.7 Å². The lowest BCUT2D eigenvalue weighted by Crippen LogP contribution is -2.36. The topological polar surface area (TPSA) is 75.4 Å². The molecule has 6 heteroatoms. The first kappa shape index (κ1) is 15.8. The molecule has 0 aliphatic rings. The smallest absolute Gasteiger partial charge is 0.211 e. The van der Waals surface area contributed by atoms with E-state index in [1.807, 2.05) is 0 Å². The minimum absolute atomic E-state index is 0.128. The van der Waals surface area contributed by atoms with E-state index in [0.29, 0.717) is 19.5 Å². The molecule has 98 valence electrons. The molecule has 0 heterocycles. The third kappa shape index (κ3) is 8.04. The molecule has 16 heavy (non-hydrogen) atoms. The Kier molecular flexibility index (Phi) is 8.83. The molecule has 0 amide bonds. The van der Waals surface area contributed by atoms with Crippen LogP contribution in [0.4, 0.5) is 0 Å². The van der Waals surface area contributed by atoms with Crippen molar-refractivity contribution in [3.63, 3.8) is 0 Å². The summed E-state index contributed by atoms with van der Waals surface area (Å²) in [6, 6.07) is 0. The number of hydrogen-bond acceptors (Lipinski definition) is 4. The lowest BCUT2D eigenvalue weighted by atomic mass is 10.4. The third-order valence-electron chi connectivity index (χ3n) is 2.35. The van der Waals surface area contributed by atoms with Gasteiger partial charge in [0.15, 0.2) is 0 Å². The zero-order chi connectivity index (χ0) is 12.4. The molecule has 0 radical (unpaired) electrons. The second kappa shape index (κ2) is 8.92. The maximum Gasteiger partial charge on any atom is 0.211 e. The summed E-state index contributed by atoms with van der Waals surface area (Å²) in [6.45, 7) is 7.84. The number of hydrogen-bond donors (Lipinski definition) is 2.